The van der Waals surface area contributed by atoms with Crippen LogP contribution in [0.1, 0.15) is 18.4 Å². The number of rotatable bonds is 6. The Morgan fingerprint density at radius 2 is 1.85 bits per heavy atom. The first kappa shape index (κ1) is 14.7. The van der Waals surface area contributed by atoms with Gasteiger partial charge in [-0.15, -0.1) is 0 Å². The first-order chi connectivity index (χ1) is 9.53. The summed E-state index contributed by atoms with van der Waals surface area (Å²) in [6.07, 6.45) is 0. The Balaban J connectivity index is 2.16. The van der Waals surface area contributed by atoms with Gasteiger partial charge in [0.1, 0.15) is 28.0 Å². The highest BCUT2D eigenvalue weighted by molar-refractivity contribution is 7.90. The second kappa shape index (κ2) is 6.19. The van der Waals surface area contributed by atoms with E-state index in [-0.39, 0.29) is 10.6 Å². The molecule has 0 spiro atoms. The van der Waals surface area contributed by atoms with Gasteiger partial charge in [-0.25, -0.2) is 12.8 Å². The third-order valence-electron chi connectivity index (χ3n) is 2.77. The van der Waals surface area contributed by atoms with E-state index in [1.165, 1.54) is 18.2 Å². The Morgan fingerprint density at radius 3 is 2.55 bits per heavy atom. The third-order valence-corrected chi connectivity index (χ3v) is 4.44. The summed E-state index contributed by atoms with van der Waals surface area (Å²) in [5.41, 5.74) is 0. The molecule has 0 saturated carbocycles. The van der Waals surface area contributed by atoms with Gasteiger partial charge in [0.25, 0.3) is 0 Å². The smallest absolute Gasteiger partial charge is 0.188 e. The SMILES string of the molecule is CCNCc1ccc(CS(=O)(=O)c2ccccc2F)o1. The lowest BCUT2D eigenvalue weighted by molar-refractivity contribution is 0.459. The van der Waals surface area contributed by atoms with Crippen LogP contribution in [0.25, 0.3) is 0 Å². The molecule has 1 aromatic heterocycles. The highest BCUT2D eigenvalue weighted by Gasteiger charge is 2.21. The minimum atomic E-state index is -3.74. The molecule has 0 aliphatic rings. The van der Waals surface area contributed by atoms with E-state index in [9.17, 15) is 12.8 Å². The Hall–Kier alpha value is -1.66. The maximum absolute atomic E-state index is 13.5. The van der Waals surface area contributed by atoms with Crippen molar-refractivity contribution in [2.75, 3.05) is 6.54 Å². The summed E-state index contributed by atoms with van der Waals surface area (Å²) in [7, 11) is -3.74. The van der Waals surface area contributed by atoms with Crippen LogP contribution in [0.15, 0.2) is 45.7 Å². The van der Waals surface area contributed by atoms with E-state index in [4.69, 9.17) is 4.42 Å². The van der Waals surface area contributed by atoms with Crippen molar-refractivity contribution in [3.8, 4) is 0 Å². The van der Waals surface area contributed by atoms with Crippen molar-refractivity contribution in [3.05, 3.63) is 53.7 Å². The Bertz CT molecular complexity index is 679. The van der Waals surface area contributed by atoms with E-state index in [2.05, 4.69) is 5.32 Å². The average molecular weight is 297 g/mol. The normalized spacial score (nSPS) is 11.7. The quantitative estimate of drug-likeness (QED) is 0.890. The van der Waals surface area contributed by atoms with Gasteiger partial charge in [0.15, 0.2) is 9.84 Å². The highest BCUT2D eigenvalue weighted by atomic mass is 32.2. The molecule has 2 rings (SSSR count). The summed E-state index contributed by atoms with van der Waals surface area (Å²) in [4.78, 5) is -0.301. The van der Waals surface area contributed by atoms with Crippen LogP contribution in [0.3, 0.4) is 0 Å². The van der Waals surface area contributed by atoms with Gasteiger partial charge < -0.3 is 9.73 Å². The van der Waals surface area contributed by atoms with Crippen molar-refractivity contribution < 1.29 is 17.2 Å². The Morgan fingerprint density at radius 1 is 1.15 bits per heavy atom. The van der Waals surface area contributed by atoms with Gasteiger partial charge in [-0.1, -0.05) is 19.1 Å². The molecule has 20 heavy (non-hydrogen) atoms. The van der Waals surface area contributed by atoms with Crippen LogP contribution in [0.2, 0.25) is 0 Å². The van der Waals surface area contributed by atoms with E-state index >= 15 is 0 Å². The van der Waals surface area contributed by atoms with Crippen molar-refractivity contribution in [3.63, 3.8) is 0 Å². The van der Waals surface area contributed by atoms with Crippen LogP contribution in [0, 0.1) is 5.82 Å². The van der Waals surface area contributed by atoms with Crippen molar-refractivity contribution in [2.45, 2.75) is 24.1 Å². The molecule has 0 aliphatic carbocycles. The van der Waals surface area contributed by atoms with Crippen LogP contribution in [-0.2, 0) is 22.1 Å². The van der Waals surface area contributed by atoms with E-state index in [1.807, 2.05) is 6.92 Å². The van der Waals surface area contributed by atoms with Gasteiger partial charge in [-0.3, -0.25) is 0 Å². The van der Waals surface area contributed by atoms with Gasteiger partial charge in [0.05, 0.1) is 6.54 Å². The van der Waals surface area contributed by atoms with Crippen LogP contribution in [0.5, 0.6) is 0 Å². The molecule has 1 N–H and O–H groups in total. The summed E-state index contributed by atoms with van der Waals surface area (Å²) < 4.78 is 43.2. The summed E-state index contributed by atoms with van der Waals surface area (Å²) >= 11 is 0. The highest BCUT2D eigenvalue weighted by Crippen LogP contribution is 2.20. The molecule has 0 amide bonds. The van der Waals surface area contributed by atoms with Crippen LogP contribution < -0.4 is 5.32 Å². The Labute approximate surface area is 117 Å². The number of benzene rings is 1. The molecule has 0 unspecified atom stereocenters. The van der Waals surface area contributed by atoms with Gasteiger partial charge in [0.2, 0.25) is 0 Å². The third kappa shape index (κ3) is 3.46. The van der Waals surface area contributed by atoms with Crippen LogP contribution in [-0.4, -0.2) is 15.0 Å². The van der Waals surface area contributed by atoms with Crippen molar-refractivity contribution in [1.82, 2.24) is 5.32 Å². The lowest BCUT2D eigenvalue weighted by atomic mass is 10.3. The number of sulfone groups is 1. The molecule has 0 saturated heterocycles. The van der Waals surface area contributed by atoms with Gasteiger partial charge in [-0.2, -0.15) is 0 Å². The lowest BCUT2D eigenvalue weighted by Crippen LogP contribution is -2.11. The van der Waals surface area contributed by atoms with Crippen molar-refractivity contribution in [1.29, 1.82) is 0 Å². The minimum Gasteiger partial charge on any atom is -0.464 e. The van der Waals surface area contributed by atoms with E-state index < -0.39 is 15.7 Å². The number of hydrogen-bond donors (Lipinski definition) is 1. The van der Waals surface area contributed by atoms with Gasteiger partial charge in [0, 0.05) is 0 Å². The largest absolute Gasteiger partial charge is 0.464 e. The van der Waals surface area contributed by atoms with Crippen molar-refractivity contribution in [2.24, 2.45) is 0 Å². The number of nitrogens with one attached hydrogen (secondary N) is 1. The summed E-state index contributed by atoms with van der Waals surface area (Å²) in [6.45, 7) is 3.30. The first-order valence-electron chi connectivity index (χ1n) is 6.28. The zero-order chi connectivity index (χ0) is 14.6. The molecule has 0 radical (unpaired) electrons. The molecule has 108 valence electrons. The molecule has 0 atom stereocenters. The van der Waals surface area contributed by atoms with Gasteiger partial charge in [-0.05, 0) is 30.8 Å². The maximum Gasteiger partial charge on any atom is 0.188 e. The molecule has 0 fully saturated rings. The molecule has 2 aromatic rings. The average Bonchev–Trinajstić information content (AvgIpc) is 2.83. The van der Waals surface area contributed by atoms with Crippen LogP contribution in [0.4, 0.5) is 4.39 Å². The zero-order valence-electron chi connectivity index (χ0n) is 11.1. The minimum absolute atomic E-state index is 0.301. The first-order valence-corrected chi connectivity index (χ1v) is 7.93. The maximum atomic E-state index is 13.5. The predicted molar refractivity (Wildman–Crippen MR) is 73.4 cm³/mol. The number of hydrogen-bond acceptors (Lipinski definition) is 4. The van der Waals surface area contributed by atoms with Crippen molar-refractivity contribution >= 4 is 9.84 Å². The molecule has 1 heterocycles. The second-order valence-electron chi connectivity index (χ2n) is 4.34. The zero-order valence-corrected chi connectivity index (χ0v) is 11.9. The predicted octanol–water partition coefficient (Wildman–Crippen LogP) is 2.50. The molecule has 0 aliphatic heterocycles. The number of furan rings is 1. The molecular weight excluding hydrogens is 281 g/mol. The van der Waals surface area contributed by atoms with E-state index in [0.29, 0.717) is 18.1 Å². The van der Waals surface area contributed by atoms with E-state index in [1.54, 1.807) is 12.1 Å². The summed E-state index contributed by atoms with van der Waals surface area (Å²) in [5, 5.41) is 3.08. The molecule has 4 nitrogen and oxygen atoms in total. The molecule has 6 heteroatoms. The fraction of sp³-hybridized carbons (Fsp3) is 0.286. The molecule has 1 aromatic carbocycles. The standard InChI is InChI=1S/C14H16FNO3S/c1-2-16-9-11-7-8-12(19-11)10-20(17,18)14-6-4-3-5-13(14)15/h3-8,16H,2,9-10H2,1H3. The van der Waals surface area contributed by atoms with E-state index in [0.717, 1.165) is 12.6 Å². The van der Waals surface area contributed by atoms with Crippen LogP contribution >= 0.6 is 0 Å². The second-order valence-corrected chi connectivity index (χ2v) is 6.30. The lowest BCUT2D eigenvalue weighted by Gasteiger charge is -2.03. The fourth-order valence-electron chi connectivity index (χ4n) is 1.81. The fourth-order valence-corrected chi connectivity index (χ4v) is 3.14. The Kier molecular flexibility index (Phi) is 4.57. The summed E-state index contributed by atoms with van der Waals surface area (Å²) in [6, 6.07) is 8.66. The summed E-state index contributed by atoms with van der Waals surface area (Å²) in [5.74, 6) is -0.126. The monoisotopic (exact) mass is 297 g/mol. The van der Waals surface area contributed by atoms with Gasteiger partial charge >= 0.3 is 0 Å². The molecule has 0 bridgehead atoms. The molecular formula is C14H16FNO3S. The topological polar surface area (TPSA) is 59.3 Å². The number of halogens is 1.